The molecule has 1 atom stereocenters. The molecule has 0 fully saturated rings. The number of halogens is 1. The highest BCUT2D eigenvalue weighted by Crippen LogP contribution is 2.22. The molecule has 13 heavy (non-hydrogen) atoms. The Bertz CT molecular complexity index is 294. The van der Waals surface area contributed by atoms with Crippen molar-refractivity contribution < 1.29 is 5.11 Å². The van der Waals surface area contributed by atoms with E-state index in [-0.39, 0.29) is 6.10 Å². The lowest BCUT2D eigenvalue weighted by Gasteiger charge is -2.06. The molecular formula is C9H15BrN2O. The average molecular weight is 247 g/mol. The van der Waals surface area contributed by atoms with Gasteiger partial charge in [0.05, 0.1) is 22.0 Å². The highest BCUT2D eigenvalue weighted by Gasteiger charge is 2.13. The summed E-state index contributed by atoms with van der Waals surface area (Å²) in [4.78, 5) is 0. The van der Waals surface area contributed by atoms with Crippen LogP contribution in [0.15, 0.2) is 4.47 Å². The van der Waals surface area contributed by atoms with Crippen LogP contribution in [-0.4, -0.2) is 21.0 Å². The lowest BCUT2D eigenvalue weighted by atomic mass is 10.2. The molecule has 0 saturated carbocycles. The zero-order chi connectivity index (χ0) is 10.0. The third-order valence-corrected chi connectivity index (χ3v) is 2.97. The number of hydrogen-bond donors (Lipinski definition) is 1. The van der Waals surface area contributed by atoms with E-state index in [9.17, 15) is 5.11 Å². The first-order chi connectivity index (χ1) is 6.06. The van der Waals surface area contributed by atoms with E-state index in [0.29, 0.717) is 6.42 Å². The molecule has 0 aliphatic carbocycles. The largest absolute Gasteiger partial charge is 0.393 e. The van der Waals surface area contributed by atoms with E-state index in [1.165, 1.54) is 0 Å². The van der Waals surface area contributed by atoms with Crippen molar-refractivity contribution in [3.05, 3.63) is 15.9 Å². The number of aliphatic hydroxyl groups excluding tert-OH is 1. The van der Waals surface area contributed by atoms with Crippen LogP contribution in [-0.2, 0) is 13.0 Å². The molecule has 1 heterocycles. The molecule has 0 amide bonds. The fourth-order valence-corrected chi connectivity index (χ4v) is 1.79. The number of aromatic nitrogens is 2. The fraction of sp³-hybridized carbons (Fsp3) is 0.667. The Morgan fingerprint density at radius 3 is 2.69 bits per heavy atom. The summed E-state index contributed by atoms with van der Waals surface area (Å²) in [6, 6.07) is 0. The van der Waals surface area contributed by atoms with E-state index in [1.54, 1.807) is 6.92 Å². The van der Waals surface area contributed by atoms with E-state index in [2.05, 4.69) is 21.0 Å². The van der Waals surface area contributed by atoms with Gasteiger partial charge in [-0.05, 0) is 36.7 Å². The van der Waals surface area contributed by atoms with Gasteiger partial charge in [-0.2, -0.15) is 5.10 Å². The van der Waals surface area contributed by atoms with Crippen LogP contribution in [0.5, 0.6) is 0 Å². The van der Waals surface area contributed by atoms with Crippen LogP contribution in [0, 0.1) is 6.92 Å². The number of aliphatic hydroxyl groups is 1. The summed E-state index contributed by atoms with van der Waals surface area (Å²) in [5, 5.41) is 13.6. The Morgan fingerprint density at radius 1 is 1.62 bits per heavy atom. The summed E-state index contributed by atoms with van der Waals surface area (Å²) in [6.07, 6.45) is 0.327. The third kappa shape index (κ3) is 2.31. The zero-order valence-corrected chi connectivity index (χ0v) is 9.80. The summed E-state index contributed by atoms with van der Waals surface area (Å²) >= 11 is 3.48. The first-order valence-corrected chi connectivity index (χ1v) is 5.25. The molecule has 1 unspecified atom stereocenters. The van der Waals surface area contributed by atoms with Crippen LogP contribution in [0.3, 0.4) is 0 Å². The van der Waals surface area contributed by atoms with Gasteiger partial charge < -0.3 is 5.11 Å². The topological polar surface area (TPSA) is 38.0 Å². The van der Waals surface area contributed by atoms with Crippen LogP contribution in [0.2, 0.25) is 0 Å². The minimum atomic E-state index is -0.322. The van der Waals surface area contributed by atoms with Gasteiger partial charge in [-0.25, -0.2) is 0 Å². The van der Waals surface area contributed by atoms with Crippen molar-refractivity contribution in [2.75, 3.05) is 0 Å². The molecule has 1 aromatic rings. The zero-order valence-electron chi connectivity index (χ0n) is 8.21. The van der Waals surface area contributed by atoms with E-state index in [0.717, 1.165) is 22.4 Å². The van der Waals surface area contributed by atoms with Gasteiger partial charge in [-0.1, -0.05) is 0 Å². The standard InChI is InChI=1S/C9H15BrN2O/c1-4-12-8(5-6(2)13)9(10)7(3)11-12/h6,13H,4-5H2,1-3H3. The molecule has 3 nitrogen and oxygen atoms in total. The maximum absolute atomic E-state index is 9.30. The van der Waals surface area contributed by atoms with Crippen molar-refractivity contribution in [3.63, 3.8) is 0 Å². The molecule has 0 aliphatic rings. The maximum atomic E-state index is 9.30. The minimum Gasteiger partial charge on any atom is -0.393 e. The van der Waals surface area contributed by atoms with Gasteiger partial charge in [0, 0.05) is 13.0 Å². The van der Waals surface area contributed by atoms with Crippen molar-refractivity contribution in [1.82, 2.24) is 9.78 Å². The molecule has 0 bridgehead atoms. The van der Waals surface area contributed by atoms with E-state index < -0.39 is 0 Å². The molecule has 0 saturated heterocycles. The van der Waals surface area contributed by atoms with Gasteiger partial charge >= 0.3 is 0 Å². The number of nitrogens with zero attached hydrogens (tertiary/aromatic N) is 2. The van der Waals surface area contributed by atoms with Crippen molar-refractivity contribution in [2.45, 2.75) is 39.8 Å². The Kier molecular flexibility index (Phi) is 3.50. The van der Waals surface area contributed by atoms with Crippen LogP contribution in [0.1, 0.15) is 25.2 Å². The molecule has 0 aromatic carbocycles. The normalized spacial score (nSPS) is 13.3. The summed E-state index contributed by atoms with van der Waals surface area (Å²) in [5.74, 6) is 0. The molecular weight excluding hydrogens is 232 g/mol. The van der Waals surface area contributed by atoms with Gasteiger partial charge in [0.15, 0.2) is 0 Å². The summed E-state index contributed by atoms with van der Waals surface area (Å²) in [5.41, 5.74) is 2.06. The monoisotopic (exact) mass is 246 g/mol. The molecule has 74 valence electrons. The predicted octanol–water partition coefficient (Wildman–Crippen LogP) is 1.90. The maximum Gasteiger partial charge on any atom is 0.0738 e. The Morgan fingerprint density at radius 2 is 2.23 bits per heavy atom. The average Bonchev–Trinajstić information content (AvgIpc) is 2.31. The predicted molar refractivity (Wildman–Crippen MR) is 55.7 cm³/mol. The van der Waals surface area contributed by atoms with Crippen LogP contribution < -0.4 is 0 Å². The summed E-state index contributed by atoms with van der Waals surface area (Å²) in [6.45, 7) is 6.63. The first-order valence-electron chi connectivity index (χ1n) is 4.46. The molecule has 1 aromatic heterocycles. The molecule has 1 N–H and O–H groups in total. The second kappa shape index (κ2) is 4.24. The number of hydrogen-bond acceptors (Lipinski definition) is 2. The Hall–Kier alpha value is -0.350. The lowest BCUT2D eigenvalue weighted by molar-refractivity contribution is 0.192. The fourth-order valence-electron chi connectivity index (χ4n) is 1.34. The summed E-state index contributed by atoms with van der Waals surface area (Å²) in [7, 11) is 0. The Balaban J connectivity index is 3.01. The van der Waals surface area contributed by atoms with E-state index in [4.69, 9.17) is 0 Å². The molecule has 1 rings (SSSR count). The minimum absolute atomic E-state index is 0.322. The van der Waals surface area contributed by atoms with Crippen LogP contribution in [0.4, 0.5) is 0 Å². The Labute approximate surface area is 86.9 Å². The molecule has 0 spiro atoms. The van der Waals surface area contributed by atoms with Crippen LogP contribution >= 0.6 is 15.9 Å². The van der Waals surface area contributed by atoms with E-state index >= 15 is 0 Å². The van der Waals surface area contributed by atoms with Crippen molar-refractivity contribution in [2.24, 2.45) is 0 Å². The van der Waals surface area contributed by atoms with Gasteiger partial charge in [0.25, 0.3) is 0 Å². The van der Waals surface area contributed by atoms with E-state index in [1.807, 2.05) is 18.5 Å². The SMILES string of the molecule is CCn1nc(C)c(Br)c1CC(C)O. The molecule has 0 radical (unpaired) electrons. The second-order valence-electron chi connectivity index (χ2n) is 3.21. The van der Waals surface area contributed by atoms with Crippen molar-refractivity contribution >= 4 is 15.9 Å². The van der Waals surface area contributed by atoms with Crippen molar-refractivity contribution in [3.8, 4) is 0 Å². The van der Waals surface area contributed by atoms with Gasteiger partial charge in [0.2, 0.25) is 0 Å². The van der Waals surface area contributed by atoms with Crippen molar-refractivity contribution in [1.29, 1.82) is 0 Å². The number of aryl methyl sites for hydroxylation is 2. The molecule has 4 heteroatoms. The van der Waals surface area contributed by atoms with Crippen LogP contribution in [0.25, 0.3) is 0 Å². The van der Waals surface area contributed by atoms with Gasteiger partial charge in [-0.15, -0.1) is 0 Å². The van der Waals surface area contributed by atoms with Gasteiger partial charge in [0.1, 0.15) is 0 Å². The quantitative estimate of drug-likeness (QED) is 0.885. The summed E-state index contributed by atoms with van der Waals surface area (Å²) < 4.78 is 2.95. The highest BCUT2D eigenvalue weighted by molar-refractivity contribution is 9.10. The highest BCUT2D eigenvalue weighted by atomic mass is 79.9. The lowest BCUT2D eigenvalue weighted by Crippen LogP contribution is -2.10. The van der Waals surface area contributed by atoms with Gasteiger partial charge in [-0.3, -0.25) is 4.68 Å². The first kappa shape index (κ1) is 10.7. The number of rotatable bonds is 3. The third-order valence-electron chi connectivity index (χ3n) is 1.94. The smallest absolute Gasteiger partial charge is 0.0738 e. The second-order valence-corrected chi connectivity index (χ2v) is 4.01. The molecule has 0 aliphatic heterocycles.